The third kappa shape index (κ3) is 3.79. The zero-order valence-electron chi connectivity index (χ0n) is 17.3. The maximum Gasteiger partial charge on any atom is 0.254 e. The Hall–Kier alpha value is -3.60. The molecule has 0 aromatic heterocycles. The molecule has 0 unspecified atom stereocenters. The zero-order chi connectivity index (χ0) is 21.3. The molecule has 5 heteroatoms. The van der Waals surface area contributed by atoms with Crippen LogP contribution in [0, 0.1) is 13.8 Å². The molecule has 1 heterocycles. The van der Waals surface area contributed by atoms with Crippen LogP contribution in [0.5, 0.6) is 11.5 Å². The molecule has 0 aliphatic carbocycles. The van der Waals surface area contributed by atoms with Gasteiger partial charge in [-0.1, -0.05) is 36.4 Å². The van der Waals surface area contributed by atoms with Gasteiger partial charge in [0, 0.05) is 24.7 Å². The highest BCUT2D eigenvalue weighted by Gasteiger charge is 2.22. The van der Waals surface area contributed by atoms with Crippen LogP contribution in [0.15, 0.2) is 60.7 Å². The molecule has 0 atom stereocenters. The standard InChI is InChI=1S/C25H23NO4/c1-16-8-10-19(12-17(16)2)24(27)20-6-4-5-7-21(20)25(28)26(3)14-18-9-11-22-23(13-18)30-15-29-22/h4-13H,14-15H2,1-3H3. The first-order chi connectivity index (χ1) is 14.4. The van der Waals surface area contributed by atoms with Crippen molar-refractivity contribution in [3.63, 3.8) is 0 Å². The fourth-order valence-electron chi connectivity index (χ4n) is 3.50. The van der Waals surface area contributed by atoms with Crippen LogP contribution >= 0.6 is 0 Å². The van der Waals surface area contributed by atoms with E-state index in [4.69, 9.17) is 9.47 Å². The van der Waals surface area contributed by atoms with Gasteiger partial charge in [0.1, 0.15) is 0 Å². The lowest BCUT2D eigenvalue weighted by Gasteiger charge is -2.19. The summed E-state index contributed by atoms with van der Waals surface area (Å²) in [6, 6.07) is 18.2. The lowest BCUT2D eigenvalue weighted by atomic mass is 9.95. The van der Waals surface area contributed by atoms with E-state index in [-0.39, 0.29) is 18.5 Å². The predicted octanol–water partition coefficient (Wildman–Crippen LogP) is 4.54. The van der Waals surface area contributed by atoms with E-state index in [1.165, 1.54) is 0 Å². The Balaban J connectivity index is 1.58. The molecule has 3 aromatic rings. The molecule has 152 valence electrons. The number of hydrogen-bond acceptors (Lipinski definition) is 4. The molecule has 3 aromatic carbocycles. The van der Waals surface area contributed by atoms with Crippen LogP contribution in [-0.4, -0.2) is 30.4 Å². The summed E-state index contributed by atoms with van der Waals surface area (Å²) in [6.07, 6.45) is 0. The van der Waals surface area contributed by atoms with E-state index in [1.54, 1.807) is 36.2 Å². The quantitative estimate of drug-likeness (QED) is 0.589. The van der Waals surface area contributed by atoms with Gasteiger partial charge >= 0.3 is 0 Å². The highest BCUT2D eigenvalue weighted by Crippen LogP contribution is 2.32. The Morgan fingerprint density at radius 2 is 1.60 bits per heavy atom. The maximum atomic E-state index is 13.2. The molecule has 0 spiro atoms. The summed E-state index contributed by atoms with van der Waals surface area (Å²) in [7, 11) is 1.73. The minimum Gasteiger partial charge on any atom is -0.454 e. The van der Waals surface area contributed by atoms with Gasteiger partial charge in [0.2, 0.25) is 6.79 Å². The number of aryl methyl sites for hydroxylation is 2. The van der Waals surface area contributed by atoms with Crippen LogP contribution in [-0.2, 0) is 6.54 Å². The summed E-state index contributed by atoms with van der Waals surface area (Å²) < 4.78 is 10.7. The Bertz CT molecular complexity index is 1140. The molecule has 1 aliphatic rings. The van der Waals surface area contributed by atoms with Gasteiger partial charge in [-0.2, -0.15) is 0 Å². The van der Waals surface area contributed by atoms with Crippen molar-refractivity contribution in [3.8, 4) is 11.5 Å². The topological polar surface area (TPSA) is 55.8 Å². The van der Waals surface area contributed by atoms with E-state index in [2.05, 4.69) is 0 Å². The molecule has 5 nitrogen and oxygen atoms in total. The summed E-state index contributed by atoms with van der Waals surface area (Å²) in [4.78, 5) is 27.9. The highest BCUT2D eigenvalue weighted by atomic mass is 16.7. The van der Waals surface area contributed by atoms with Crippen molar-refractivity contribution < 1.29 is 19.1 Å². The van der Waals surface area contributed by atoms with E-state index in [1.807, 2.05) is 50.2 Å². The Morgan fingerprint density at radius 3 is 2.37 bits per heavy atom. The first-order valence-corrected chi connectivity index (χ1v) is 9.79. The van der Waals surface area contributed by atoms with Gasteiger partial charge < -0.3 is 14.4 Å². The van der Waals surface area contributed by atoms with Crippen LogP contribution in [0.4, 0.5) is 0 Å². The van der Waals surface area contributed by atoms with Crippen LogP contribution in [0.25, 0.3) is 0 Å². The number of ketones is 1. The predicted molar refractivity (Wildman–Crippen MR) is 114 cm³/mol. The highest BCUT2D eigenvalue weighted by molar-refractivity contribution is 6.15. The number of nitrogens with zero attached hydrogens (tertiary/aromatic N) is 1. The summed E-state index contributed by atoms with van der Waals surface area (Å²) in [6.45, 7) is 4.58. The number of rotatable bonds is 5. The molecule has 4 rings (SSSR count). The lowest BCUT2D eigenvalue weighted by molar-refractivity contribution is 0.0780. The summed E-state index contributed by atoms with van der Waals surface area (Å²) in [5, 5.41) is 0. The van der Waals surface area contributed by atoms with Crippen LogP contribution in [0.1, 0.15) is 43.0 Å². The van der Waals surface area contributed by atoms with Gasteiger partial charge in [-0.05, 0) is 54.8 Å². The summed E-state index contributed by atoms with van der Waals surface area (Å²) in [5.74, 6) is 1.02. The number of carbonyl (C=O) groups excluding carboxylic acids is 2. The second kappa shape index (κ2) is 8.03. The Morgan fingerprint density at radius 1 is 0.867 bits per heavy atom. The van der Waals surface area contributed by atoms with Crippen molar-refractivity contribution in [2.75, 3.05) is 13.8 Å². The van der Waals surface area contributed by atoms with Crippen LogP contribution in [0.2, 0.25) is 0 Å². The van der Waals surface area contributed by atoms with E-state index in [9.17, 15) is 9.59 Å². The summed E-state index contributed by atoms with van der Waals surface area (Å²) >= 11 is 0. The second-order valence-corrected chi connectivity index (χ2v) is 7.52. The van der Waals surface area contributed by atoms with Crippen molar-refractivity contribution in [1.82, 2.24) is 4.90 Å². The smallest absolute Gasteiger partial charge is 0.254 e. The first kappa shape index (κ1) is 19.7. The van der Waals surface area contributed by atoms with Gasteiger partial charge in [0.25, 0.3) is 5.91 Å². The lowest BCUT2D eigenvalue weighted by Crippen LogP contribution is -2.28. The molecule has 0 radical (unpaired) electrons. The van der Waals surface area contributed by atoms with Crippen molar-refractivity contribution in [1.29, 1.82) is 0 Å². The summed E-state index contributed by atoms with van der Waals surface area (Å²) in [5.41, 5.74) is 4.47. The van der Waals surface area contributed by atoms with Crippen LogP contribution in [0.3, 0.4) is 0 Å². The largest absolute Gasteiger partial charge is 0.454 e. The van der Waals surface area contributed by atoms with Crippen molar-refractivity contribution in [3.05, 3.63) is 94.0 Å². The second-order valence-electron chi connectivity index (χ2n) is 7.52. The average Bonchev–Trinajstić information content (AvgIpc) is 3.22. The SMILES string of the molecule is Cc1ccc(C(=O)c2ccccc2C(=O)N(C)Cc2ccc3c(c2)OCO3)cc1C. The van der Waals surface area contributed by atoms with E-state index >= 15 is 0 Å². The Labute approximate surface area is 175 Å². The molecule has 1 aliphatic heterocycles. The van der Waals surface area contributed by atoms with E-state index in [0.717, 1.165) is 16.7 Å². The number of carbonyl (C=O) groups is 2. The average molecular weight is 401 g/mol. The molecule has 1 amide bonds. The number of hydrogen-bond donors (Lipinski definition) is 0. The number of ether oxygens (including phenoxy) is 2. The number of fused-ring (bicyclic) bond motifs is 1. The van der Waals surface area contributed by atoms with Crippen molar-refractivity contribution in [2.24, 2.45) is 0 Å². The van der Waals surface area contributed by atoms with Gasteiger partial charge in [-0.15, -0.1) is 0 Å². The number of amides is 1. The first-order valence-electron chi connectivity index (χ1n) is 9.79. The minimum absolute atomic E-state index is 0.154. The molecule has 0 saturated carbocycles. The molecule has 0 bridgehead atoms. The van der Waals surface area contributed by atoms with E-state index in [0.29, 0.717) is 34.7 Å². The van der Waals surface area contributed by atoms with E-state index < -0.39 is 0 Å². The molecule has 0 N–H and O–H groups in total. The molecule has 30 heavy (non-hydrogen) atoms. The molecular formula is C25H23NO4. The normalized spacial score (nSPS) is 12.0. The maximum absolute atomic E-state index is 13.2. The zero-order valence-corrected chi connectivity index (χ0v) is 17.3. The fraction of sp³-hybridized carbons (Fsp3) is 0.200. The fourth-order valence-corrected chi connectivity index (χ4v) is 3.50. The van der Waals surface area contributed by atoms with Gasteiger partial charge in [0.15, 0.2) is 17.3 Å². The van der Waals surface area contributed by atoms with Crippen molar-refractivity contribution >= 4 is 11.7 Å². The van der Waals surface area contributed by atoms with Crippen LogP contribution < -0.4 is 9.47 Å². The molecule has 0 fully saturated rings. The number of benzene rings is 3. The van der Waals surface area contributed by atoms with Crippen molar-refractivity contribution in [2.45, 2.75) is 20.4 Å². The third-order valence-corrected chi connectivity index (χ3v) is 5.37. The minimum atomic E-state index is -0.208. The monoisotopic (exact) mass is 401 g/mol. The molecule has 0 saturated heterocycles. The van der Waals surface area contributed by atoms with Gasteiger partial charge in [-0.3, -0.25) is 9.59 Å². The van der Waals surface area contributed by atoms with Gasteiger partial charge in [-0.25, -0.2) is 0 Å². The molecular weight excluding hydrogens is 378 g/mol. The Kier molecular flexibility index (Phi) is 5.27. The van der Waals surface area contributed by atoms with Gasteiger partial charge in [0.05, 0.1) is 5.56 Å². The third-order valence-electron chi connectivity index (χ3n) is 5.37.